The first-order chi connectivity index (χ1) is 5.72. The van der Waals surface area contributed by atoms with Crippen LogP contribution in [0.2, 0.25) is 0 Å². The molecule has 0 aliphatic rings. The quantitative estimate of drug-likeness (QED) is 0.249. The van der Waals surface area contributed by atoms with Crippen LogP contribution in [0.15, 0.2) is 0 Å². The second kappa shape index (κ2) is 6.96. The molecule has 72 valence electrons. The molecule has 0 aromatic rings. The van der Waals surface area contributed by atoms with E-state index in [1.165, 1.54) is 7.11 Å². The van der Waals surface area contributed by atoms with Gasteiger partial charge in [0.1, 0.15) is 13.4 Å². The number of ether oxygens (including phenoxy) is 2. The molecule has 6 heteroatoms. The van der Waals surface area contributed by atoms with Crippen molar-refractivity contribution in [1.29, 1.82) is 0 Å². The lowest BCUT2D eigenvalue weighted by Crippen LogP contribution is -2.25. The standard InChI is InChI=1S/C6H13NO5/c1-11-5-12-3-2-6(4-8)7(9)10/h6,8H,2-5H2,1H3. The maximum Gasteiger partial charge on any atom is 0.238 e. The second-order valence-corrected chi connectivity index (χ2v) is 2.23. The normalized spacial score (nSPS) is 12.8. The first-order valence-electron chi connectivity index (χ1n) is 3.53. The molecule has 0 saturated carbocycles. The van der Waals surface area contributed by atoms with E-state index in [4.69, 9.17) is 9.84 Å². The average molecular weight is 179 g/mol. The third-order valence-corrected chi connectivity index (χ3v) is 1.31. The molecule has 0 radical (unpaired) electrons. The van der Waals surface area contributed by atoms with Crippen LogP contribution in [0, 0.1) is 10.1 Å². The predicted octanol–water partition coefficient (Wildman–Crippen LogP) is -0.365. The van der Waals surface area contributed by atoms with Crippen molar-refractivity contribution in [2.75, 3.05) is 27.1 Å². The van der Waals surface area contributed by atoms with Gasteiger partial charge in [0, 0.05) is 18.5 Å². The monoisotopic (exact) mass is 179 g/mol. The molecule has 12 heavy (non-hydrogen) atoms. The summed E-state index contributed by atoms with van der Waals surface area (Å²) >= 11 is 0. The largest absolute Gasteiger partial charge is 0.389 e. The molecule has 0 spiro atoms. The molecule has 0 saturated heterocycles. The van der Waals surface area contributed by atoms with E-state index in [0.29, 0.717) is 0 Å². The summed E-state index contributed by atoms with van der Waals surface area (Å²) in [5.74, 6) is 0. The van der Waals surface area contributed by atoms with Crippen LogP contribution in [0.5, 0.6) is 0 Å². The molecule has 0 aliphatic carbocycles. The third-order valence-electron chi connectivity index (χ3n) is 1.31. The van der Waals surface area contributed by atoms with Gasteiger partial charge in [-0.3, -0.25) is 10.1 Å². The van der Waals surface area contributed by atoms with Gasteiger partial charge in [0.2, 0.25) is 6.04 Å². The molecule has 0 rings (SSSR count). The van der Waals surface area contributed by atoms with Crippen molar-refractivity contribution in [2.24, 2.45) is 0 Å². The van der Waals surface area contributed by atoms with Gasteiger partial charge in [-0.25, -0.2) is 0 Å². The van der Waals surface area contributed by atoms with Crippen LogP contribution in [-0.2, 0) is 9.47 Å². The minimum atomic E-state index is -0.929. The van der Waals surface area contributed by atoms with Gasteiger partial charge in [-0.05, 0) is 0 Å². The van der Waals surface area contributed by atoms with E-state index in [1.807, 2.05) is 0 Å². The van der Waals surface area contributed by atoms with E-state index in [-0.39, 0.29) is 19.8 Å². The summed E-state index contributed by atoms with van der Waals surface area (Å²) in [6, 6.07) is -0.929. The first-order valence-corrected chi connectivity index (χ1v) is 3.53. The number of nitrogens with zero attached hydrogens (tertiary/aromatic N) is 1. The van der Waals surface area contributed by atoms with Gasteiger partial charge in [-0.2, -0.15) is 0 Å². The molecule has 0 bridgehead atoms. The summed E-state index contributed by atoms with van der Waals surface area (Å²) in [4.78, 5) is 9.64. The predicted molar refractivity (Wildman–Crippen MR) is 40.3 cm³/mol. The van der Waals surface area contributed by atoms with Crippen molar-refractivity contribution in [2.45, 2.75) is 12.5 Å². The SMILES string of the molecule is COCOCCC(CO)[N+](=O)[O-]. The molecular weight excluding hydrogens is 166 g/mol. The van der Waals surface area contributed by atoms with Crippen LogP contribution in [-0.4, -0.2) is 43.2 Å². The van der Waals surface area contributed by atoms with Crippen LogP contribution < -0.4 is 0 Å². The number of rotatable bonds is 7. The number of aliphatic hydroxyl groups is 1. The lowest BCUT2D eigenvalue weighted by atomic mass is 10.2. The molecule has 0 fully saturated rings. The topological polar surface area (TPSA) is 81.8 Å². The molecule has 0 aromatic carbocycles. The average Bonchev–Trinajstić information content (AvgIpc) is 2.04. The zero-order valence-corrected chi connectivity index (χ0v) is 6.93. The van der Waals surface area contributed by atoms with Crippen LogP contribution >= 0.6 is 0 Å². The lowest BCUT2D eigenvalue weighted by Gasteiger charge is -2.05. The third kappa shape index (κ3) is 5.00. The van der Waals surface area contributed by atoms with E-state index in [0.717, 1.165) is 0 Å². The van der Waals surface area contributed by atoms with E-state index in [1.54, 1.807) is 0 Å². The summed E-state index contributed by atoms with van der Waals surface area (Å²) in [5, 5.41) is 18.7. The smallest absolute Gasteiger partial charge is 0.238 e. The van der Waals surface area contributed by atoms with E-state index in [9.17, 15) is 10.1 Å². The van der Waals surface area contributed by atoms with Crippen molar-refractivity contribution in [3.8, 4) is 0 Å². The summed E-state index contributed by atoms with van der Waals surface area (Å²) in [6.45, 7) is -0.112. The molecule has 6 nitrogen and oxygen atoms in total. The molecule has 1 unspecified atom stereocenters. The van der Waals surface area contributed by atoms with Crippen molar-refractivity contribution in [3.05, 3.63) is 10.1 Å². The Balaban J connectivity index is 3.38. The highest BCUT2D eigenvalue weighted by Crippen LogP contribution is 1.96. The van der Waals surface area contributed by atoms with E-state index < -0.39 is 17.6 Å². The zero-order chi connectivity index (χ0) is 9.40. The van der Waals surface area contributed by atoms with Crippen molar-refractivity contribution >= 4 is 0 Å². The Labute approximate surface area is 70.2 Å². The summed E-state index contributed by atoms with van der Waals surface area (Å²) in [7, 11) is 1.47. The molecule has 0 aromatic heterocycles. The minimum absolute atomic E-state index is 0.121. The van der Waals surface area contributed by atoms with Gasteiger partial charge in [0.15, 0.2) is 0 Å². The number of hydrogen-bond acceptors (Lipinski definition) is 5. The van der Waals surface area contributed by atoms with Crippen molar-refractivity contribution in [1.82, 2.24) is 0 Å². The Kier molecular flexibility index (Phi) is 6.54. The molecular formula is C6H13NO5. The Morgan fingerprint density at radius 1 is 1.67 bits per heavy atom. The highest BCUT2D eigenvalue weighted by atomic mass is 16.7. The van der Waals surface area contributed by atoms with Crippen LogP contribution in [0.3, 0.4) is 0 Å². The Bertz CT molecular complexity index is 129. The minimum Gasteiger partial charge on any atom is -0.389 e. The van der Waals surface area contributed by atoms with E-state index >= 15 is 0 Å². The molecule has 1 atom stereocenters. The maximum atomic E-state index is 10.2. The maximum absolute atomic E-state index is 10.2. The molecule has 0 amide bonds. The summed E-state index contributed by atoms with van der Waals surface area (Å²) in [5.41, 5.74) is 0. The first kappa shape index (κ1) is 11.3. The fourth-order valence-electron chi connectivity index (χ4n) is 0.625. The number of aliphatic hydroxyl groups excluding tert-OH is 1. The Hall–Kier alpha value is -0.720. The fraction of sp³-hybridized carbons (Fsp3) is 1.00. The van der Waals surface area contributed by atoms with Crippen molar-refractivity contribution in [3.63, 3.8) is 0 Å². The van der Waals surface area contributed by atoms with Crippen LogP contribution in [0.25, 0.3) is 0 Å². The van der Waals surface area contributed by atoms with Gasteiger partial charge >= 0.3 is 0 Å². The van der Waals surface area contributed by atoms with Crippen LogP contribution in [0.1, 0.15) is 6.42 Å². The number of hydrogen-bond donors (Lipinski definition) is 1. The lowest BCUT2D eigenvalue weighted by molar-refractivity contribution is -0.527. The highest BCUT2D eigenvalue weighted by molar-refractivity contribution is 4.52. The van der Waals surface area contributed by atoms with Crippen molar-refractivity contribution < 1.29 is 19.5 Å². The van der Waals surface area contributed by atoms with Crippen LogP contribution in [0.4, 0.5) is 0 Å². The Morgan fingerprint density at radius 2 is 2.33 bits per heavy atom. The second-order valence-electron chi connectivity index (χ2n) is 2.23. The Morgan fingerprint density at radius 3 is 2.75 bits per heavy atom. The van der Waals surface area contributed by atoms with E-state index in [2.05, 4.69) is 4.74 Å². The molecule has 0 heterocycles. The molecule has 0 aliphatic heterocycles. The summed E-state index contributed by atoms with van der Waals surface area (Å²) < 4.78 is 9.39. The van der Waals surface area contributed by atoms with Gasteiger partial charge < -0.3 is 14.6 Å². The zero-order valence-electron chi connectivity index (χ0n) is 6.93. The van der Waals surface area contributed by atoms with Gasteiger partial charge in [0.05, 0.1) is 6.61 Å². The summed E-state index contributed by atoms with van der Waals surface area (Å²) in [6.07, 6.45) is 0.201. The number of nitro groups is 1. The highest BCUT2D eigenvalue weighted by Gasteiger charge is 2.17. The fourth-order valence-corrected chi connectivity index (χ4v) is 0.625. The molecule has 1 N–H and O–H groups in total. The van der Waals surface area contributed by atoms with Gasteiger partial charge in [-0.15, -0.1) is 0 Å². The van der Waals surface area contributed by atoms with Gasteiger partial charge in [-0.1, -0.05) is 0 Å². The van der Waals surface area contributed by atoms with Gasteiger partial charge in [0.25, 0.3) is 0 Å². The number of methoxy groups -OCH3 is 1.